The van der Waals surface area contributed by atoms with Gasteiger partial charge in [0.05, 0.1) is 5.41 Å². The van der Waals surface area contributed by atoms with Crippen LogP contribution in [0.25, 0.3) is 5.78 Å². The van der Waals surface area contributed by atoms with Crippen molar-refractivity contribution >= 4 is 11.7 Å². The molecule has 96 valence electrons. The van der Waals surface area contributed by atoms with E-state index in [2.05, 4.69) is 15.2 Å². The lowest BCUT2D eigenvalue weighted by Gasteiger charge is -2.28. The first-order chi connectivity index (χ1) is 8.45. The maximum absolute atomic E-state index is 11.5. The average Bonchev–Trinajstić information content (AvgIpc) is 2.72. The molecule has 0 aliphatic heterocycles. The average molecular weight is 248 g/mol. The van der Waals surface area contributed by atoms with E-state index in [1.165, 1.54) is 0 Å². The minimum Gasteiger partial charge on any atom is -0.481 e. The number of hydrogen-bond donors (Lipinski definition) is 1. The zero-order chi connectivity index (χ0) is 13.3. The molecule has 6 nitrogen and oxygen atoms in total. The number of carboxylic acid groups (broad SMARTS) is 1. The summed E-state index contributed by atoms with van der Waals surface area (Å²) in [6.07, 6.45) is 3.75. The van der Waals surface area contributed by atoms with Crippen molar-refractivity contribution in [3.8, 4) is 0 Å². The van der Waals surface area contributed by atoms with Crippen molar-refractivity contribution in [2.75, 3.05) is 0 Å². The van der Waals surface area contributed by atoms with Crippen LogP contribution < -0.4 is 0 Å². The Kier molecular flexibility index (Phi) is 3.02. The second-order valence-corrected chi connectivity index (χ2v) is 4.96. The Morgan fingerprint density at radius 3 is 2.83 bits per heavy atom. The Morgan fingerprint density at radius 2 is 2.22 bits per heavy atom. The fourth-order valence-corrected chi connectivity index (χ4v) is 1.76. The number of aromatic nitrogens is 4. The van der Waals surface area contributed by atoms with E-state index < -0.39 is 11.4 Å². The summed E-state index contributed by atoms with van der Waals surface area (Å²) in [7, 11) is 0. The normalized spacial score (nSPS) is 14.9. The molecule has 0 aliphatic rings. The molecule has 0 saturated carbocycles. The first-order valence-electron chi connectivity index (χ1n) is 5.83. The van der Waals surface area contributed by atoms with E-state index in [1.807, 2.05) is 13.8 Å². The molecule has 0 aliphatic carbocycles. The van der Waals surface area contributed by atoms with Gasteiger partial charge < -0.3 is 5.11 Å². The molecule has 0 bridgehead atoms. The lowest BCUT2D eigenvalue weighted by Crippen LogP contribution is -2.36. The molecule has 0 amide bonds. The van der Waals surface area contributed by atoms with Gasteiger partial charge in [-0.3, -0.25) is 9.20 Å². The van der Waals surface area contributed by atoms with Crippen LogP contribution in [0.15, 0.2) is 18.5 Å². The molecular formula is C12H16N4O2. The second-order valence-electron chi connectivity index (χ2n) is 4.96. The van der Waals surface area contributed by atoms with Gasteiger partial charge in [-0.15, -0.1) is 10.2 Å². The zero-order valence-corrected chi connectivity index (χ0v) is 10.7. The van der Waals surface area contributed by atoms with Crippen LogP contribution in [0.1, 0.15) is 26.6 Å². The third-order valence-corrected chi connectivity index (χ3v) is 3.55. The van der Waals surface area contributed by atoms with Crippen LogP contribution in [0.5, 0.6) is 0 Å². The molecule has 6 heteroatoms. The first-order valence-corrected chi connectivity index (χ1v) is 5.83. The van der Waals surface area contributed by atoms with Crippen LogP contribution in [-0.2, 0) is 11.2 Å². The van der Waals surface area contributed by atoms with Crippen molar-refractivity contribution in [3.63, 3.8) is 0 Å². The van der Waals surface area contributed by atoms with Crippen molar-refractivity contribution in [3.05, 3.63) is 24.3 Å². The summed E-state index contributed by atoms with van der Waals surface area (Å²) in [6.45, 7) is 5.53. The summed E-state index contributed by atoms with van der Waals surface area (Å²) in [6, 6.07) is 1.77. The Bertz CT molecular complexity index is 578. The number of carbonyl (C=O) groups is 1. The summed E-state index contributed by atoms with van der Waals surface area (Å²) < 4.78 is 1.73. The Labute approximate surface area is 105 Å². The van der Waals surface area contributed by atoms with Gasteiger partial charge in [0.15, 0.2) is 0 Å². The summed E-state index contributed by atoms with van der Waals surface area (Å²) in [5, 5.41) is 17.4. The molecule has 1 unspecified atom stereocenters. The standard InChI is InChI=1S/C12H16N4O2/c1-8(2)12(3,10(17)18)7-9-14-15-11-13-5-4-6-16(9)11/h4-6,8H,7H2,1-3H3,(H,17,18). The lowest BCUT2D eigenvalue weighted by molar-refractivity contribution is -0.150. The zero-order valence-electron chi connectivity index (χ0n) is 10.7. The number of rotatable bonds is 4. The van der Waals surface area contributed by atoms with E-state index >= 15 is 0 Å². The van der Waals surface area contributed by atoms with Crippen LogP contribution in [-0.4, -0.2) is 30.7 Å². The van der Waals surface area contributed by atoms with E-state index in [0.29, 0.717) is 18.0 Å². The minimum absolute atomic E-state index is 0.000906. The fraction of sp³-hybridized carbons (Fsp3) is 0.500. The van der Waals surface area contributed by atoms with Crippen LogP contribution in [0, 0.1) is 11.3 Å². The highest BCUT2D eigenvalue weighted by Gasteiger charge is 2.38. The molecule has 2 aromatic rings. The molecule has 2 rings (SSSR count). The third-order valence-electron chi connectivity index (χ3n) is 3.55. The monoisotopic (exact) mass is 248 g/mol. The maximum Gasteiger partial charge on any atom is 0.310 e. The highest BCUT2D eigenvalue weighted by molar-refractivity contribution is 5.74. The molecule has 2 heterocycles. The van der Waals surface area contributed by atoms with Gasteiger partial charge in [-0.05, 0) is 18.9 Å². The van der Waals surface area contributed by atoms with Crippen LogP contribution in [0.3, 0.4) is 0 Å². The van der Waals surface area contributed by atoms with Crippen molar-refractivity contribution in [1.82, 2.24) is 19.6 Å². The van der Waals surface area contributed by atoms with E-state index in [4.69, 9.17) is 0 Å². The quantitative estimate of drug-likeness (QED) is 0.884. The number of hydrogen-bond acceptors (Lipinski definition) is 4. The van der Waals surface area contributed by atoms with Crippen LogP contribution in [0.2, 0.25) is 0 Å². The third kappa shape index (κ3) is 1.94. The van der Waals surface area contributed by atoms with Gasteiger partial charge in [0.2, 0.25) is 0 Å². The highest BCUT2D eigenvalue weighted by Crippen LogP contribution is 2.31. The summed E-state index contributed by atoms with van der Waals surface area (Å²) in [4.78, 5) is 15.5. The largest absolute Gasteiger partial charge is 0.481 e. The van der Waals surface area contributed by atoms with Gasteiger partial charge in [-0.1, -0.05) is 13.8 Å². The van der Waals surface area contributed by atoms with Gasteiger partial charge in [0.1, 0.15) is 5.82 Å². The summed E-state index contributed by atoms with van der Waals surface area (Å²) in [5.41, 5.74) is -0.862. The van der Waals surface area contributed by atoms with E-state index in [1.54, 1.807) is 29.8 Å². The number of carboxylic acids is 1. The van der Waals surface area contributed by atoms with Gasteiger partial charge in [-0.2, -0.15) is 0 Å². The van der Waals surface area contributed by atoms with Gasteiger partial charge in [0.25, 0.3) is 5.78 Å². The highest BCUT2D eigenvalue weighted by atomic mass is 16.4. The van der Waals surface area contributed by atoms with Crippen molar-refractivity contribution in [2.45, 2.75) is 27.2 Å². The Hall–Kier alpha value is -1.98. The molecule has 2 aromatic heterocycles. The first kappa shape index (κ1) is 12.5. The summed E-state index contributed by atoms with van der Waals surface area (Å²) >= 11 is 0. The lowest BCUT2D eigenvalue weighted by atomic mass is 9.76. The van der Waals surface area contributed by atoms with Crippen molar-refractivity contribution < 1.29 is 9.90 Å². The molecule has 0 spiro atoms. The topological polar surface area (TPSA) is 80.4 Å². The molecule has 0 saturated heterocycles. The number of nitrogens with zero attached hydrogens (tertiary/aromatic N) is 4. The van der Waals surface area contributed by atoms with Gasteiger partial charge >= 0.3 is 5.97 Å². The summed E-state index contributed by atoms with van der Waals surface area (Å²) in [5.74, 6) is 0.290. The van der Waals surface area contributed by atoms with E-state index in [-0.39, 0.29) is 5.92 Å². The predicted molar refractivity (Wildman–Crippen MR) is 65.1 cm³/mol. The number of aliphatic carboxylic acids is 1. The molecule has 1 N–H and O–H groups in total. The van der Waals surface area contributed by atoms with Crippen molar-refractivity contribution in [1.29, 1.82) is 0 Å². The Morgan fingerprint density at radius 1 is 1.50 bits per heavy atom. The van der Waals surface area contributed by atoms with E-state index in [9.17, 15) is 9.90 Å². The molecule has 0 radical (unpaired) electrons. The number of fused-ring (bicyclic) bond motifs is 1. The SMILES string of the molecule is CC(C)C(C)(Cc1nnc2ncccn12)C(=O)O. The molecule has 0 aromatic carbocycles. The minimum atomic E-state index is -0.862. The second kappa shape index (κ2) is 4.36. The fourth-order valence-electron chi connectivity index (χ4n) is 1.76. The molecule has 0 fully saturated rings. The molecular weight excluding hydrogens is 232 g/mol. The molecule has 18 heavy (non-hydrogen) atoms. The Balaban J connectivity index is 2.41. The van der Waals surface area contributed by atoms with E-state index in [0.717, 1.165) is 0 Å². The van der Waals surface area contributed by atoms with Crippen LogP contribution >= 0.6 is 0 Å². The van der Waals surface area contributed by atoms with Gasteiger partial charge in [0, 0.05) is 18.8 Å². The molecule has 1 atom stereocenters. The van der Waals surface area contributed by atoms with Crippen molar-refractivity contribution in [2.24, 2.45) is 11.3 Å². The van der Waals surface area contributed by atoms with Gasteiger partial charge in [-0.25, -0.2) is 4.98 Å². The van der Waals surface area contributed by atoms with Crippen LogP contribution in [0.4, 0.5) is 0 Å². The smallest absolute Gasteiger partial charge is 0.310 e. The maximum atomic E-state index is 11.5. The predicted octanol–water partition coefficient (Wildman–Crippen LogP) is 1.41.